The highest BCUT2D eigenvalue weighted by Gasteiger charge is 2.20. The van der Waals surface area contributed by atoms with Gasteiger partial charge in [0.1, 0.15) is 5.02 Å². The van der Waals surface area contributed by atoms with Gasteiger partial charge in [0.2, 0.25) is 0 Å². The highest BCUT2D eigenvalue weighted by Crippen LogP contribution is 2.26. The van der Waals surface area contributed by atoms with E-state index in [2.05, 4.69) is 4.90 Å². The van der Waals surface area contributed by atoms with Crippen molar-refractivity contribution in [1.82, 2.24) is 4.90 Å². The molecule has 1 aromatic carbocycles. The predicted molar refractivity (Wildman–Crippen MR) is 73.4 cm³/mol. The van der Waals surface area contributed by atoms with E-state index in [0.29, 0.717) is 6.54 Å². The van der Waals surface area contributed by atoms with Crippen LogP contribution < -0.4 is 0 Å². The van der Waals surface area contributed by atoms with Crippen molar-refractivity contribution >= 4 is 17.3 Å². The van der Waals surface area contributed by atoms with Gasteiger partial charge in [-0.3, -0.25) is 15.0 Å². The molecule has 2 rings (SSSR count). The zero-order chi connectivity index (χ0) is 13.8. The van der Waals surface area contributed by atoms with Crippen LogP contribution in [0.15, 0.2) is 18.2 Å². The van der Waals surface area contributed by atoms with E-state index in [1.807, 2.05) is 6.07 Å². The summed E-state index contributed by atoms with van der Waals surface area (Å²) in [6.07, 6.45) is 2.43. The number of piperidine rings is 1. The molecule has 1 aliphatic heterocycles. The van der Waals surface area contributed by atoms with Crippen molar-refractivity contribution in [1.29, 1.82) is 0 Å². The largest absolute Gasteiger partial charge is 0.380 e. The summed E-state index contributed by atoms with van der Waals surface area (Å²) in [5, 5.41) is 11.0. The second kappa shape index (κ2) is 6.32. The number of ether oxygens (including phenoxy) is 1. The SMILES string of the molecule is COC1CCCN(Cc2ccc(Cl)c([N+](=O)[O-])c2)C1. The molecule has 0 amide bonds. The Balaban J connectivity index is 2.06. The summed E-state index contributed by atoms with van der Waals surface area (Å²) < 4.78 is 5.37. The molecule has 0 N–H and O–H groups in total. The zero-order valence-corrected chi connectivity index (χ0v) is 11.6. The van der Waals surface area contributed by atoms with Crippen LogP contribution in [0.5, 0.6) is 0 Å². The molecule has 0 aromatic heterocycles. The Bertz CT molecular complexity index is 467. The Morgan fingerprint density at radius 2 is 2.37 bits per heavy atom. The van der Waals surface area contributed by atoms with Crippen LogP contribution in [0.4, 0.5) is 5.69 Å². The second-order valence-electron chi connectivity index (χ2n) is 4.78. The highest BCUT2D eigenvalue weighted by molar-refractivity contribution is 6.32. The van der Waals surface area contributed by atoms with Gasteiger partial charge in [0.05, 0.1) is 11.0 Å². The van der Waals surface area contributed by atoms with E-state index in [0.717, 1.165) is 31.5 Å². The fourth-order valence-corrected chi connectivity index (χ4v) is 2.59. The maximum atomic E-state index is 10.9. The molecule has 1 atom stereocenters. The van der Waals surface area contributed by atoms with Crippen molar-refractivity contribution in [2.45, 2.75) is 25.5 Å². The lowest BCUT2D eigenvalue weighted by molar-refractivity contribution is -0.384. The Labute approximate surface area is 117 Å². The Hall–Kier alpha value is -1.17. The third-order valence-electron chi connectivity index (χ3n) is 3.41. The molecule has 104 valence electrons. The number of hydrogen-bond acceptors (Lipinski definition) is 4. The van der Waals surface area contributed by atoms with Gasteiger partial charge in [-0.2, -0.15) is 0 Å². The molecule has 0 radical (unpaired) electrons. The first-order valence-corrected chi connectivity index (χ1v) is 6.66. The molecule has 1 aromatic rings. The summed E-state index contributed by atoms with van der Waals surface area (Å²) in [6.45, 7) is 2.56. The second-order valence-corrected chi connectivity index (χ2v) is 5.19. The lowest BCUT2D eigenvalue weighted by Gasteiger charge is -2.31. The molecular formula is C13H17ClN2O3. The summed E-state index contributed by atoms with van der Waals surface area (Å²) in [5.41, 5.74) is 0.882. The molecule has 6 heteroatoms. The first-order valence-electron chi connectivity index (χ1n) is 6.28. The molecule has 5 nitrogen and oxygen atoms in total. The lowest BCUT2D eigenvalue weighted by Crippen LogP contribution is -2.38. The number of nitro benzene ring substituents is 1. The Morgan fingerprint density at radius 1 is 1.58 bits per heavy atom. The van der Waals surface area contributed by atoms with Crippen molar-refractivity contribution in [2.24, 2.45) is 0 Å². The van der Waals surface area contributed by atoms with Crippen LogP contribution in [0.2, 0.25) is 5.02 Å². The van der Waals surface area contributed by atoms with Gasteiger partial charge in [-0.15, -0.1) is 0 Å². The van der Waals surface area contributed by atoms with Crippen LogP contribution in [0, 0.1) is 10.1 Å². The quantitative estimate of drug-likeness (QED) is 0.630. The van der Waals surface area contributed by atoms with E-state index < -0.39 is 4.92 Å². The summed E-state index contributed by atoms with van der Waals surface area (Å²) in [7, 11) is 1.72. The van der Waals surface area contributed by atoms with E-state index in [9.17, 15) is 10.1 Å². The van der Waals surface area contributed by atoms with E-state index in [1.165, 1.54) is 0 Å². The molecule has 0 bridgehead atoms. The predicted octanol–water partition coefficient (Wildman–Crippen LogP) is 2.86. The highest BCUT2D eigenvalue weighted by atomic mass is 35.5. The first-order chi connectivity index (χ1) is 9.10. The standard InChI is InChI=1S/C13H17ClN2O3/c1-19-11-3-2-6-15(9-11)8-10-4-5-12(14)13(7-10)16(17)18/h4-5,7,11H,2-3,6,8-9H2,1H3. The van der Waals surface area contributed by atoms with Crippen LogP contribution in [0.3, 0.4) is 0 Å². The number of nitrogens with zero attached hydrogens (tertiary/aromatic N) is 2. The number of methoxy groups -OCH3 is 1. The third-order valence-corrected chi connectivity index (χ3v) is 3.73. The third kappa shape index (κ3) is 3.65. The fourth-order valence-electron chi connectivity index (χ4n) is 2.40. The minimum atomic E-state index is -0.444. The van der Waals surface area contributed by atoms with E-state index in [4.69, 9.17) is 16.3 Å². The number of likely N-dealkylation sites (tertiary alicyclic amines) is 1. The normalized spacial score (nSPS) is 20.4. The van der Waals surface area contributed by atoms with Gasteiger partial charge >= 0.3 is 0 Å². The van der Waals surface area contributed by atoms with Crippen LogP contribution in [-0.2, 0) is 11.3 Å². The number of rotatable bonds is 4. The monoisotopic (exact) mass is 284 g/mol. The first kappa shape index (κ1) is 14.2. The van der Waals surface area contributed by atoms with Crippen LogP contribution in [0.1, 0.15) is 18.4 Å². The van der Waals surface area contributed by atoms with Gasteiger partial charge < -0.3 is 4.74 Å². The van der Waals surface area contributed by atoms with Crippen LogP contribution >= 0.6 is 11.6 Å². The molecule has 1 unspecified atom stereocenters. The summed E-state index contributed by atoms with van der Waals surface area (Å²) in [6, 6.07) is 4.98. The Kier molecular flexibility index (Phi) is 4.74. The van der Waals surface area contributed by atoms with Gasteiger partial charge in [-0.1, -0.05) is 17.7 Å². The fraction of sp³-hybridized carbons (Fsp3) is 0.538. The van der Waals surface area contributed by atoms with Crippen molar-refractivity contribution in [3.8, 4) is 0 Å². The van der Waals surface area contributed by atoms with Crippen molar-refractivity contribution in [3.63, 3.8) is 0 Å². The topological polar surface area (TPSA) is 55.6 Å². The van der Waals surface area contributed by atoms with Crippen molar-refractivity contribution in [2.75, 3.05) is 20.2 Å². The molecule has 1 saturated heterocycles. The number of benzene rings is 1. The molecule has 0 spiro atoms. The molecule has 0 aliphatic carbocycles. The Morgan fingerprint density at radius 3 is 3.05 bits per heavy atom. The summed E-state index contributed by atoms with van der Waals surface area (Å²) >= 11 is 5.80. The van der Waals surface area contributed by atoms with Crippen molar-refractivity contribution < 1.29 is 9.66 Å². The minimum Gasteiger partial charge on any atom is -0.380 e. The summed E-state index contributed by atoms with van der Waals surface area (Å²) in [4.78, 5) is 12.7. The van der Waals surface area contributed by atoms with Gasteiger partial charge in [-0.05, 0) is 31.0 Å². The number of halogens is 1. The van der Waals surface area contributed by atoms with Gasteiger partial charge in [0.15, 0.2) is 0 Å². The zero-order valence-electron chi connectivity index (χ0n) is 10.8. The summed E-state index contributed by atoms with van der Waals surface area (Å²) in [5.74, 6) is 0. The maximum absolute atomic E-state index is 10.9. The van der Waals surface area contributed by atoms with E-state index in [1.54, 1.807) is 19.2 Å². The lowest BCUT2D eigenvalue weighted by atomic mass is 10.1. The molecular weight excluding hydrogens is 268 g/mol. The molecule has 19 heavy (non-hydrogen) atoms. The van der Waals surface area contributed by atoms with Gasteiger partial charge in [0.25, 0.3) is 5.69 Å². The average molecular weight is 285 g/mol. The average Bonchev–Trinajstić information content (AvgIpc) is 2.41. The molecule has 1 fully saturated rings. The number of hydrogen-bond donors (Lipinski definition) is 0. The molecule has 0 saturated carbocycles. The van der Waals surface area contributed by atoms with Gasteiger partial charge in [0, 0.05) is 26.3 Å². The number of nitro groups is 1. The maximum Gasteiger partial charge on any atom is 0.288 e. The van der Waals surface area contributed by atoms with E-state index >= 15 is 0 Å². The molecule has 1 heterocycles. The van der Waals surface area contributed by atoms with Crippen molar-refractivity contribution in [3.05, 3.63) is 38.9 Å². The van der Waals surface area contributed by atoms with Crippen LogP contribution in [0.25, 0.3) is 0 Å². The molecule has 1 aliphatic rings. The smallest absolute Gasteiger partial charge is 0.288 e. The minimum absolute atomic E-state index is 0.0283. The van der Waals surface area contributed by atoms with Gasteiger partial charge in [-0.25, -0.2) is 0 Å². The van der Waals surface area contributed by atoms with E-state index in [-0.39, 0.29) is 16.8 Å². The van der Waals surface area contributed by atoms with Crippen LogP contribution in [-0.4, -0.2) is 36.1 Å².